The van der Waals surface area contributed by atoms with Crippen molar-refractivity contribution in [2.45, 2.75) is 33.2 Å². The Balaban J connectivity index is 2.12. The summed E-state index contributed by atoms with van der Waals surface area (Å²) >= 11 is 6.15. The van der Waals surface area contributed by atoms with Crippen LogP contribution >= 0.6 is 11.6 Å². The summed E-state index contributed by atoms with van der Waals surface area (Å²) in [6.07, 6.45) is 1.11. The second kappa shape index (κ2) is 5.41. The van der Waals surface area contributed by atoms with Crippen LogP contribution in [0.3, 0.4) is 0 Å². The fourth-order valence-electron chi connectivity index (χ4n) is 2.41. The minimum absolute atomic E-state index is 0.426. The van der Waals surface area contributed by atoms with E-state index < -0.39 is 0 Å². The molecule has 1 aliphatic rings. The molecule has 1 aromatic heterocycles. The van der Waals surface area contributed by atoms with E-state index in [1.807, 2.05) is 13.8 Å². The van der Waals surface area contributed by atoms with Gasteiger partial charge in [0.1, 0.15) is 0 Å². The average Bonchev–Trinajstić information content (AvgIpc) is 2.29. The highest BCUT2D eigenvalue weighted by Gasteiger charge is 2.25. The topological polar surface area (TPSA) is 41.1 Å². The molecule has 0 bridgehead atoms. The molecular formula is C13H21ClN4. The quantitative estimate of drug-likeness (QED) is 0.895. The molecule has 0 spiro atoms. The second-order valence-electron chi connectivity index (χ2n) is 5.31. The van der Waals surface area contributed by atoms with Gasteiger partial charge in [0.2, 0.25) is 0 Å². The maximum absolute atomic E-state index is 6.15. The molecule has 2 rings (SSSR count). The first-order chi connectivity index (χ1) is 8.47. The summed E-state index contributed by atoms with van der Waals surface area (Å²) in [5.74, 6) is 1.31. The van der Waals surface area contributed by atoms with Crippen LogP contribution in [-0.4, -0.2) is 41.0 Å². The van der Waals surface area contributed by atoms with Gasteiger partial charge in [0.15, 0.2) is 11.0 Å². The summed E-state index contributed by atoms with van der Waals surface area (Å²) < 4.78 is 0. The molecule has 0 saturated carbocycles. The Morgan fingerprint density at radius 2 is 1.94 bits per heavy atom. The number of hydrogen-bond donors (Lipinski definition) is 1. The molecule has 100 valence electrons. The van der Waals surface area contributed by atoms with Crippen LogP contribution in [0.5, 0.6) is 0 Å². The number of rotatable bonds is 2. The molecule has 1 aromatic rings. The third-order valence-electron chi connectivity index (χ3n) is 3.69. The molecule has 1 fully saturated rings. The largest absolute Gasteiger partial charge is 0.364 e. The van der Waals surface area contributed by atoms with E-state index in [9.17, 15) is 0 Å². The lowest BCUT2D eigenvalue weighted by Crippen LogP contribution is -2.43. The van der Waals surface area contributed by atoms with Gasteiger partial charge < -0.3 is 10.2 Å². The standard InChI is InChI=1S/C13H21ClN4/c1-8-7-18(4)6-5-11(8)17-13-12(14)15-9(2)10(3)16-13/h8,11H,5-7H2,1-4H3,(H,16,17). The normalized spacial score (nSPS) is 25.2. The molecule has 0 aromatic carbocycles. The molecule has 0 amide bonds. The number of aryl methyl sites for hydroxylation is 2. The number of aromatic nitrogens is 2. The van der Waals surface area contributed by atoms with Crippen LogP contribution in [0.1, 0.15) is 24.7 Å². The van der Waals surface area contributed by atoms with Crippen molar-refractivity contribution in [2.75, 3.05) is 25.5 Å². The molecule has 2 atom stereocenters. The lowest BCUT2D eigenvalue weighted by molar-refractivity contribution is 0.206. The minimum atomic E-state index is 0.426. The molecule has 18 heavy (non-hydrogen) atoms. The molecule has 1 saturated heterocycles. The summed E-state index contributed by atoms with van der Waals surface area (Å²) in [5.41, 5.74) is 1.82. The van der Waals surface area contributed by atoms with E-state index >= 15 is 0 Å². The van der Waals surface area contributed by atoms with Crippen molar-refractivity contribution in [1.82, 2.24) is 14.9 Å². The number of hydrogen-bond acceptors (Lipinski definition) is 4. The van der Waals surface area contributed by atoms with E-state index in [1.54, 1.807) is 0 Å². The maximum Gasteiger partial charge on any atom is 0.171 e. The van der Waals surface area contributed by atoms with E-state index in [4.69, 9.17) is 11.6 Å². The predicted molar refractivity (Wildman–Crippen MR) is 75.2 cm³/mol. The summed E-state index contributed by atoms with van der Waals surface area (Å²) in [5, 5.41) is 3.93. The number of halogens is 1. The zero-order valence-electron chi connectivity index (χ0n) is 11.5. The van der Waals surface area contributed by atoms with Crippen LogP contribution in [0.15, 0.2) is 0 Å². The van der Waals surface area contributed by atoms with Crippen LogP contribution in [0.4, 0.5) is 5.82 Å². The van der Waals surface area contributed by atoms with Gasteiger partial charge in [0, 0.05) is 12.6 Å². The van der Waals surface area contributed by atoms with Crippen LogP contribution in [0.2, 0.25) is 5.15 Å². The van der Waals surface area contributed by atoms with E-state index in [0.717, 1.165) is 36.7 Å². The molecule has 0 radical (unpaired) electrons. The van der Waals surface area contributed by atoms with E-state index in [1.165, 1.54) is 0 Å². The number of anilines is 1. The van der Waals surface area contributed by atoms with Crippen LogP contribution in [-0.2, 0) is 0 Å². The van der Waals surface area contributed by atoms with Crippen molar-refractivity contribution in [2.24, 2.45) is 5.92 Å². The molecule has 0 aliphatic carbocycles. The highest BCUT2D eigenvalue weighted by atomic mass is 35.5. The summed E-state index contributed by atoms with van der Waals surface area (Å²) in [4.78, 5) is 11.2. The Labute approximate surface area is 114 Å². The molecule has 1 N–H and O–H groups in total. The molecule has 1 aliphatic heterocycles. The van der Waals surface area contributed by atoms with Crippen molar-refractivity contribution < 1.29 is 0 Å². The highest BCUT2D eigenvalue weighted by molar-refractivity contribution is 6.31. The van der Waals surface area contributed by atoms with Gasteiger partial charge in [-0.2, -0.15) is 0 Å². The Kier molecular flexibility index (Phi) is 4.07. The van der Waals surface area contributed by atoms with Crippen molar-refractivity contribution >= 4 is 17.4 Å². The minimum Gasteiger partial charge on any atom is -0.364 e. The highest BCUT2D eigenvalue weighted by Crippen LogP contribution is 2.24. The summed E-state index contributed by atoms with van der Waals surface area (Å²) in [6.45, 7) is 8.36. The first kappa shape index (κ1) is 13.6. The van der Waals surface area contributed by atoms with Crippen molar-refractivity contribution in [3.63, 3.8) is 0 Å². The van der Waals surface area contributed by atoms with Gasteiger partial charge in [-0.3, -0.25) is 0 Å². The molecule has 2 heterocycles. The molecule has 5 heteroatoms. The Hall–Kier alpha value is -0.870. The smallest absolute Gasteiger partial charge is 0.171 e. The Bertz CT molecular complexity index is 435. The first-order valence-electron chi connectivity index (χ1n) is 6.43. The van der Waals surface area contributed by atoms with Crippen molar-refractivity contribution in [1.29, 1.82) is 0 Å². The van der Waals surface area contributed by atoms with Crippen LogP contribution in [0.25, 0.3) is 0 Å². The molecule has 4 nitrogen and oxygen atoms in total. The number of piperidine rings is 1. The average molecular weight is 269 g/mol. The molecule has 2 unspecified atom stereocenters. The van der Waals surface area contributed by atoms with Gasteiger partial charge in [-0.1, -0.05) is 18.5 Å². The zero-order chi connectivity index (χ0) is 13.3. The van der Waals surface area contributed by atoms with Gasteiger partial charge in [0.05, 0.1) is 11.4 Å². The van der Waals surface area contributed by atoms with Gasteiger partial charge >= 0.3 is 0 Å². The summed E-state index contributed by atoms with van der Waals surface area (Å²) in [6, 6.07) is 0.426. The number of likely N-dealkylation sites (tertiary alicyclic amines) is 1. The number of nitrogens with zero attached hydrogens (tertiary/aromatic N) is 3. The van der Waals surface area contributed by atoms with Gasteiger partial charge in [-0.05, 0) is 39.8 Å². The maximum atomic E-state index is 6.15. The SMILES string of the molecule is Cc1nc(Cl)c(NC2CCN(C)CC2C)nc1C. The first-order valence-corrected chi connectivity index (χ1v) is 6.81. The lowest BCUT2D eigenvalue weighted by Gasteiger charge is -2.35. The van der Waals surface area contributed by atoms with Crippen molar-refractivity contribution in [3.8, 4) is 0 Å². The van der Waals surface area contributed by atoms with Crippen LogP contribution in [0, 0.1) is 19.8 Å². The van der Waals surface area contributed by atoms with Gasteiger partial charge in [-0.25, -0.2) is 9.97 Å². The van der Waals surface area contributed by atoms with E-state index in [0.29, 0.717) is 17.1 Å². The van der Waals surface area contributed by atoms with Crippen molar-refractivity contribution in [3.05, 3.63) is 16.5 Å². The van der Waals surface area contributed by atoms with Crippen LogP contribution < -0.4 is 5.32 Å². The Morgan fingerprint density at radius 3 is 2.61 bits per heavy atom. The summed E-state index contributed by atoms with van der Waals surface area (Å²) in [7, 11) is 2.16. The number of nitrogens with one attached hydrogen (secondary N) is 1. The zero-order valence-corrected chi connectivity index (χ0v) is 12.3. The second-order valence-corrected chi connectivity index (χ2v) is 5.67. The third-order valence-corrected chi connectivity index (χ3v) is 3.96. The van der Waals surface area contributed by atoms with E-state index in [-0.39, 0.29) is 0 Å². The fourth-order valence-corrected chi connectivity index (χ4v) is 2.64. The van der Waals surface area contributed by atoms with Gasteiger partial charge in [0.25, 0.3) is 0 Å². The fraction of sp³-hybridized carbons (Fsp3) is 0.692. The third kappa shape index (κ3) is 2.93. The Morgan fingerprint density at radius 1 is 1.28 bits per heavy atom. The molecular weight excluding hydrogens is 248 g/mol. The lowest BCUT2D eigenvalue weighted by atomic mass is 9.94. The predicted octanol–water partition coefficient (Wildman–Crippen LogP) is 2.50. The monoisotopic (exact) mass is 268 g/mol. The van der Waals surface area contributed by atoms with E-state index in [2.05, 4.69) is 34.2 Å². The van der Waals surface area contributed by atoms with Gasteiger partial charge in [-0.15, -0.1) is 0 Å².